The van der Waals surface area contributed by atoms with Crippen LogP contribution in [0.3, 0.4) is 0 Å². The molecule has 1 saturated heterocycles. The summed E-state index contributed by atoms with van der Waals surface area (Å²) in [6.07, 6.45) is 0. The van der Waals surface area contributed by atoms with E-state index in [9.17, 15) is 4.79 Å². The van der Waals surface area contributed by atoms with Crippen molar-refractivity contribution >= 4 is 5.91 Å². The van der Waals surface area contributed by atoms with Crippen LogP contribution in [0.2, 0.25) is 0 Å². The highest BCUT2D eigenvalue weighted by Crippen LogP contribution is 2.33. The fourth-order valence-electron chi connectivity index (χ4n) is 2.08. The van der Waals surface area contributed by atoms with Gasteiger partial charge in [0.15, 0.2) is 11.5 Å². The maximum Gasteiger partial charge on any atom is 0.255 e. The lowest BCUT2D eigenvalue weighted by molar-refractivity contribution is 0.0931. The van der Waals surface area contributed by atoms with E-state index in [0.717, 1.165) is 13.1 Å². The molecule has 0 aromatic heterocycles. The van der Waals surface area contributed by atoms with Gasteiger partial charge in [-0.15, -0.1) is 0 Å². The topological polar surface area (TPSA) is 59.6 Å². The minimum Gasteiger partial charge on any atom is -0.486 e. The Morgan fingerprint density at radius 1 is 1.33 bits per heavy atom. The number of ether oxygens (including phenoxy) is 2. The summed E-state index contributed by atoms with van der Waals surface area (Å²) in [6, 6.07) is 5.40. The van der Waals surface area contributed by atoms with E-state index in [0.29, 0.717) is 42.7 Å². The van der Waals surface area contributed by atoms with Gasteiger partial charge >= 0.3 is 0 Å². The summed E-state index contributed by atoms with van der Waals surface area (Å²) in [6.45, 7) is 3.69. The number of carbonyl (C=O) groups is 1. The second-order valence-corrected chi connectivity index (χ2v) is 4.56. The standard InChI is InChI=1S/C13H16N2O3/c16-13(15-8-9-6-14-7-9)10-2-1-3-11-12(10)18-5-4-17-11/h1-3,9,14H,4-8H2,(H,15,16). The van der Waals surface area contributed by atoms with Crippen molar-refractivity contribution in [1.82, 2.24) is 10.6 Å². The van der Waals surface area contributed by atoms with Crippen LogP contribution in [-0.4, -0.2) is 38.8 Å². The third kappa shape index (κ3) is 2.13. The zero-order chi connectivity index (χ0) is 12.4. The highest BCUT2D eigenvalue weighted by Gasteiger charge is 2.22. The van der Waals surface area contributed by atoms with Crippen molar-refractivity contribution in [2.24, 2.45) is 5.92 Å². The molecule has 96 valence electrons. The number of hydrogen-bond donors (Lipinski definition) is 2. The van der Waals surface area contributed by atoms with Crippen LogP contribution in [0.15, 0.2) is 18.2 Å². The Morgan fingerprint density at radius 2 is 2.17 bits per heavy atom. The second kappa shape index (κ2) is 4.86. The molecule has 5 nitrogen and oxygen atoms in total. The fourth-order valence-corrected chi connectivity index (χ4v) is 2.08. The first kappa shape index (κ1) is 11.3. The molecule has 0 radical (unpaired) electrons. The molecule has 0 aliphatic carbocycles. The Balaban J connectivity index is 1.72. The summed E-state index contributed by atoms with van der Waals surface area (Å²) < 4.78 is 11.0. The van der Waals surface area contributed by atoms with E-state index in [1.165, 1.54) is 0 Å². The summed E-state index contributed by atoms with van der Waals surface area (Å²) in [4.78, 5) is 12.1. The number of fused-ring (bicyclic) bond motifs is 1. The molecule has 18 heavy (non-hydrogen) atoms. The molecular formula is C13H16N2O3. The van der Waals surface area contributed by atoms with Crippen molar-refractivity contribution in [3.8, 4) is 11.5 Å². The molecule has 0 atom stereocenters. The smallest absolute Gasteiger partial charge is 0.255 e. The number of hydrogen-bond acceptors (Lipinski definition) is 4. The summed E-state index contributed by atoms with van der Waals surface area (Å²) in [5.41, 5.74) is 0.555. The van der Waals surface area contributed by atoms with Gasteiger partial charge in [0.2, 0.25) is 0 Å². The molecule has 1 fully saturated rings. The molecule has 2 aliphatic rings. The first-order chi connectivity index (χ1) is 8.84. The number of rotatable bonds is 3. The normalized spacial score (nSPS) is 18.0. The monoisotopic (exact) mass is 248 g/mol. The Labute approximate surface area is 105 Å². The van der Waals surface area contributed by atoms with Gasteiger partial charge in [0.1, 0.15) is 13.2 Å². The van der Waals surface area contributed by atoms with Crippen LogP contribution in [0, 0.1) is 5.92 Å². The minimum atomic E-state index is -0.0933. The largest absolute Gasteiger partial charge is 0.486 e. The van der Waals surface area contributed by atoms with E-state index in [1.807, 2.05) is 12.1 Å². The molecule has 0 saturated carbocycles. The van der Waals surface area contributed by atoms with Crippen LogP contribution in [0.1, 0.15) is 10.4 Å². The lowest BCUT2D eigenvalue weighted by atomic mass is 10.0. The van der Waals surface area contributed by atoms with Crippen LogP contribution in [0.4, 0.5) is 0 Å². The number of para-hydroxylation sites is 1. The Hall–Kier alpha value is -1.75. The van der Waals surface area contributed by atoms with Crippen molar-refractivity contribution < 1.29 is 14.3 Å². The van der Waals surface area contributed by atoms with Crippen LogP contribution < -0.4 is 20.1 Å². The highest BCUT2D eigenvalue weighted by atomic mass is 16.6. The molecule has 1 aromatic rings. The first-order valence-corrected chi connectivity index (χ1v) is 6.22. The molecular weight excluding hydrogens is 232 g/mol. The summed E-state index contributed by atoms with van der Waals surface area (Å²) in [5, 5.41) is 6.12. The van der Waals surface area contributed by atoms with Gasteiger partial charge in [-0.05, 0) is 12.1 Å². The number of amides is 1. The summed E-state index contributed by atoms with van der Waals surface area (Å²) in [7, 11) is 0. The summed E-state index contributed by atoms with van der Waals surface area (Å²) in [5.74, 6) is 1.67. The minimum absolute atomic E-state index is 0.0933. The van der Waals surface area contributed by atoms with E-state index in [-0.39, 0.29) is 5.91 Å². The van der Waals surface area contributed by atoms with E-state index < -0.39 is 0 Å². The Morgan fingerprint density at radius 3 is 2.94 bits per heavy atom. The molecule has 2 N–H and O–H groups in total. The van der Waals surface area contributed by atoms with E-state index in [1.54, 1.807) is 6.07 Å². The molecule has 0 unspecified atom stereocenters. The van der Waals surface area contributed by atoms with Gasteiger partial charge in [-0.25, -0.2) is 0 Å². The van der Waals surface area contributed by atoms with Gasteiger partial charge < -0.3 is 20.1 Å². The van der Waals surface area contributed by atoms with Crippen LogP contribution in [0.5, 0.6) is 11.5 Å². The molecule has 3 rings (SSSR count). The van der Waals surface area contributed by atoms with Gasteiger partial charge in [-0.1, -0.05) is 6.07 Å². The van der Waals surface area contributed by atoms with Gasteiger partial charge in [-0.2, -0.15) is 0 Å². The lowest BCUT2D eigenvalue weighted by Crippen LogP contribution is -2.48. The first-order valence-electron chi connectivity index (χ1n) is 6.22. The number of nitrogens with one attached hydrogen (secondary N) is 2. The van der Waals surface area contributed by atoms with Crippen molar-refractivity contribution in [2.45, 2.75) is 0 Å². The van der Waals surface area contributed by atoms with Gasteiger partial charge in [0, 0.05) is 25.6 Å². The van der Waals surface area contributed by atoms with E-state index in [2.05, 4.69) is 10.6 Å². The molecule has 2 heterocycles. The van der Waals surface area contributed by atoms with Crippen molar-refractivity contribution in [2.75, 3.05) is 32.8 Å². The summed E-state index contributed by atoms with van der Waals surface area (Å²) >= 11 is 0. The van der Waals surface area contributed by atoms with Crippen molar-refractivity contribution in [3.05, 3.63) is 23.8 Å². The fraction of sp³-hybridized carbons (Fsp3) is 0.462. The molecule has 1 amide bonds. The predicted octanol–water partition coefficient (Wildman–Crippen LogP) is 0.407. The van der Waals surface area contributed by atoms with Gasteiger partial charge in [0.05, 0.1) is 5.56 Å². The third-order valence-electron chi connectivity index (χ3n) is 3.23. The SMILES string of the molecule is O=C(NCC1CNC1)c1cccc2c1OCCO2. The van der Waals surface area contributed by atoms with E-state index >= 15 is 0 Å². The highest BCUT2D eigenvalue weighted by molar-refractivity contribution is 5.97. The molecule has 0 spiro atoms. The zero-order valence-corrected chi connectivity index (χ0v) is 10.1. The molecule has 0 bridgehead atoms. The number of carbonyl (C=O) groups excluding carboxylic acids is 1. The zero-order valence-electron chi connectivity index (χ0n) is 10.1. The maximum atomic E-state index is 12.1. The second-order valence-electron chi connectivity index (χ2n) is 4.56. The lowest BCUT2D eigenvalue weighted by Gasteiger charge is -2.27. The number of benzene rings is 1. The molecule has 2 aliphatic heterocycles. The van der Waals surface area contributed by atoms with Crippen molar-refractivity contribution in [3.63, 3.8) is 0 Å². The maximum absolute atomic E-state index is 12.1. The Bertz CT molecular complexity index is 458. The third-order valence-corrected chi connectivity index (χ3v) is 3.23. The molecule has 1 aromatic carbocycles. The average Bonchev–Trinajstić information content (AvgIpc) is 2.36. The van der Waals surface area contributed by atoms with Gasteiger partial charge in [-0.3, -0.25) is 4.79 Å². The van der Waals surface area contributed by atoms with Crippen LogP contribution in [-0.2, 0) is 0 Å². The Kier molecular flexibility index (Phi) is 3.06. The van der Waals surface area contributed by atoms with Gasteiger partial charge in [0.25, 0.3) is 5.91 Å². The van der Waals surface area contributed by atoms with Crippen LogP contribution in [0.25, 0.3) is 0 Å². The quantitative estimate of drug-likeness (QED) is 0.813. The predicted molar refractivity (Wildman–Crippen MR) is 66.1 cm³/mol. The van der Waals surface area contributed by atoms with Crippen molar-refractivity contribution in [1.29, 1.82) is 0 Å². The average molecular weight is 248 g/mol. The molecule has 5 heteroatoms. The van der Waals surface area contributed by atoms with Crippen LogP contribution >= 0.6 is 0 Å². The van der Waals surface area contributed by atoms with E-state index in [4.69, 9.17) is 9.47 Å².